The molecule has 0 N–H and O–H groups in total. The Morgan fingerprint density at radius 3 is 2.52 bits per heavy atom. The van der Waals surface area contributed by atoms with Crippen LogP contribution in [0.5, 0.6) is 0 Å². The van der Waals surface area contributed by atoms with Crippen LogP contribution < -0.4 is 4.90 Å². The molecule has 0 saturated carbocycles. The van der Waals surface area contributed by atoms with E-state index in [-0.39, 0.29) is 5.41 Å². The van der Waals surface area contributed by atoms with Gasteiger partial charge in [0.25, 0.3) is 0 Å². The van der Waals surface area contributed by atoms with Crippen LogP contribution in [0.25, 0.3) is 10.8 Å². The zero-order valence-electron chi connectivity index (χ0n) is 15.4. The molecule has 0 radical (unpaired) electrons. The molecule has 0 saturated heterocycles. The minimum atomic E-state index is -0.0359. The molecule has 2 aromatic rings. The molecule has 4 rings (SSSR count). The van der Waals surface area contributed by atoms with Gasteiger partial charge in [-0.05, 0) is 53.8 Å². The average molecular weight is 350 g/mol. The maximum absolute atomic E-state index is 6.46. The Kier molecular flexibility index (Phi) is 3.81. The van der Waals surface area contributed by atoms with Gasteiger partial charge in [-0.3, -0.25) is 0 Å². The lowest BCUT2D eigenvalue weighted by Gasteiger charge is -2.24. The normalized spacial score (nSPS) is 22.5. The number of anilines is 1. The van der Waals surface area contributed by atoms with E-state index in [1.54, 1.807) is 0 Å². The van der Waals surface area contributed by atoms with Gasteiger partial charge in [-0.15, -0.1) is 0 Å². The molecule has 1 aliphatic carbocycles. The highest BCUT2D eigenvalue weighted by Crippen LogP contribution is 2.50. The molecule has 0 atom stereocenters. The summed E-state index contributed by atoms with van der Waals surface area (Å²) in [5, 5.41) is 3.61. The fourth-order valence-electron chi connectivity index (χ4n) is 4.35. The van der Waals surface area contributed by atoms with Crippen molar-refractivity contribution in [2.24, 2.45) is 0 Å². The highest BCUT2D eigenvalue weighted by molar-refractivity contribution is 6.32. The summed E-state index contributed by atoms with van der Waals surface area (Å²) in [4.78, 5) is 2.33. The molecule has 128 valence electrons. The van der Waals surface area contributed by atoms with Crippen LogP contribution in [0.3, 0.4) is 0 Å². The Morgan fingerprint density at radius 2 is 1.80 bits per heavy atom. The number of hydrogen-bond acceptors (Lipinski definition) is 1. The van der Waals surface area contributed by atoms with Gasteiger partial charge in [-0.25, -0.2) is 0 Å². The van der Waals surface area contributed by atoms with E-state index in [2.05, 4.69) is 81.3 Å². The number of benzene rings is 2. The second-order valence-electron chi connectivity index (χ2n) is 7.70. The number of rotatable bonds is 1. The molecule has 0 spiro atoms. The third-order valence-corrected chi connectivity index (χ3v) is 6.33. The van der Waals surface area contributed by atoms with E-state index in [1.165, 1.54) is 38.9 Å². The van der Waals surface area contributed by atoms with E-state index in [0.717, 1.165) is 17.9 Å². The summed E-state index contributed by atoms with van der Waals surface area (Å²) in [7, 11) is 2.17. The summed E-state index contributed by atoms with van der Waals surface area (Å²) in [6.07, 6.45) is 6.62. The van der Waals surface area contributed by atoms with Gasteiger partial charge in [0, 0.05) is 28.9 Å². The molecule has 2 heteroatoms. The lowest BCUT2D eigenvalue weighted by atomic mass is 9.81. The van der Waals surface area contributed by atoms with Crippen molar-refractivity contribution < 1.29 is 0 Å². The molecule has 0 aromatic heterocycles. The highest BCUT2D eigenvalue weighted by Gasteiger charge is 2.39. The molecule has 1 aliphatic heterocycles. The van der Waals surface area contributed by atoms with Crippen LogP contribution in [0.4, 0.5) is 5.69 Å². The maximum atomic E-state index is 6.46. The van der Waals surface area contributed by atoms with Crippen LogP contribution in [0.2, 0.25) is 0 Å². The van der Waals surface area contributed by atoms with Gasteiger partial charge in [-0.1, -0.05) is 67.4 Å². The Morgan fingerprint density at radius 1 is 1.04 bits per heavy atom. The second-order valence-corrected chi connectivity index (χ2v) is 8.08. The van der Waals surface area contributed by atoms with Crippen LogP contribution in [-0.2, 0) is 5.41 Å². The van der Waals surface area contributed by atoms with Gasteiger partial charge in [0.05, 0.1) is 0 Å². The van der Waals surface area contributed by atoms with E-state index in [0.29, 0.717) is 0 Å². The molecular formula is C23H24ClN. The first-order valence-corrected chi connectivity index (χ1v) is 9.32. The fraction of sp³-hybridized carbons (Fsp3) is 0.304. The first-order chi connectivity index (χ1) is 11.9. The molecule has 2 aliphatic rings. The van der Waals surface area contributed by atoms with E-state index in [9.17, 15) is 0 Å². The topological polar surface area (TPSA) is 3.24 Å². The molecular weight excluding hydrogens is 326 g/mol. The summed E-state index contributed by atoms with van der Waals surface area (Å²) in [6, 6.07) is 13.2. The Labute approximate surface area is 155 Å². The highest BCUT2D eigenvalue weighted by atomic mass is 35.5. The van der Waals surface area contributed by atoms with Crippen LogP contribution in [0.15, 0.2) is 70.4 Å². The number of likely N-dealkylation sites (N-methyl/N-ethyl adjacent to an activating group) is 1. The fourth-order valence-corrected chi connectivity index (χ4v) is 4.60. The van der Waals surface area contributed by atoms with Crippen LogP contribution in [0.1, 0.15) is 39.2 Å². The molecule has 1 heterocycles. The molecule has 2 aromatic carbocycles. The van der Waals surface area contributed by atoms with Gasteiger partial charge in [0.2, 0.25) is 0 Å². The summed E-state index contributed by atoms with van der Waals surface area (Å²) in [6.45, 7) is 6.77. The summed E-state index contributed by atoms with van der Waals surface area (Å²) in [5.41, 5.74) is 6.57. The zero-order valence-corrected chi connectivity index (χ0v) is 16.1. The Balaban J connectivity index is 1.85. The van der Waals surface area contributed by atoms with Crippen molar-refractivity contribution in [3.63, 3.8) is 0 Å². The standard InChI is InChI=1S/C23H24ClN/c1-15-9-10-17(22(15)24)12-14-20-23(2,3)21-18-8-6-5-7-16(18)11-13-19(21)25(20)4/h5-8,11-14H,9-10H2,1-4H3. The van der Waals surface area contributed by atoms with Gasteiger partial charge in [0.1, 0.15) is 0 Å². The SMILES string of the molecule is CC1=C(Cl)C(=CC=C2N(C)c3ccc4ccccc4c3C2(C)C)CC1. The maximum Gasteiger partial charge on any atom is 0.0454 e. The summed E-state index contributed by atoms with van der Waals surface area (Å²) >= 11 is 6.46. The number of fused-ring (bicyclic) bond motifs is 3. The lowest BCUT2D eigenvalue weighted by molar-refractivity contribution is 0.645. The van der Waals surface area contributed by atoms with Crippen molar-refractivity contribution in [1.82, 2.24) is 0 Å². The van der Waals surface area contributed by atoms with Crippen LogP contribution >= 0.6 is 11.6 Å². The second kappa shape index (κ2) is 5.78. The third kappa shape index (κ3) is 2.45. The first-order valence-electron chi connectivity index (χ1n) is 8.94. The van der Waals surface area contributed by atoms with Crippen LogP contribution in [-0.4, -0.2) is 7.05 Å². The van der Waals surface area contributed by atoms with Gasteiger partial charge in [-0.2, -0.15) is 0 Å². The molecule has 0 bridgehead atoms. The van der Waals surface area contributed by atoms with Gasteiger partial charge >= 0.3 is 0 Å². The average Bonchev–Trinajstić information content (AvgIpc) is 3.01. The molecule has 25 heavy (non-hydrogen) atoms. The summed E-state index contributed by atoms with van der Waals surface area (Å²) in [5.74, 6) is 0. The number of allylic oxidation sites excluding steroid dienone is 6. The Bertz CT molecular complexity index is 959. The van der Waals surface area contributed by atoms with Crippen LogP contribution in [0, 0.1) is 0 Å². The number of halogens is 1. The van der Waals surface area contributed by atoms with E-state index < -0.39 is 0 Å². The first kappa shape index (κ1) is 16.5. The minimum absolute atomic E-state index is 0.0359. The largest absolute Gasteiger partial charge is 0.347 e. The predicted molar refractivity (Wildman–Crippen MR) is 109 cm³/mol. The van der Waals surface area contributed by atoms with Crippen molar-refractivity contribution in [3.05, 3.63) is 76.0 Å². The van der Waals surface area contributed by atoms with Gasteiger partial charge in [0.15, 0.2) is 0 Å². The van der Waals surface area contributed by atoms with Crippen molar-refractivity contribution in [1.29, 1.82) is 0 Å². The smallest absolute Gasteiger partial charge is 0.0454 e. The van der Waals surface area contributed by atoms with Crippen molar-refractivity contribution in [2.75, 3.05) is 11.9 Å². The third-order valence-electron chi connectivity index (χ3n) is 5.76. The Hall–Kier alpha value is -1.99. The number of hydrogen-bond donors (Lipinski definition) is 0. The van der Waals surface area contributed by atoms with Crippen molar-refractivity contribution >= 4 is 28.1 Å². The van der Waals surface area contributed by atoms with Crippen molar-refractivity contribution in [2.45, 2.75) is 39.0 Å². The molecule has 0 unspecified atom stereocenters. The van der Waals surface area contributed by atoms with E-state index in [1.807, 2.05) is 0 Å². The van der Waals surface area contributed by atoms with E-state index >= 15 is 0 Å². The van der Waals surface area contributed by atoms with E-state index in [4.69, 9.17) is 11.6 Å². The predicted octanol–water partition coefficient (Wildman–Crippen LogP) is 6.68. The zero-order chi connectivity index (χ0) is 17.8. The number of nitrogens with zero attached hydrogens (tertiary/aromatic N) is 1. The monoisotopic (exact) mass is 349 g/mol. The molecule has 1 nitrogen and oxygen atoms in total. The van der Waals surface area contributed by atoms with Crippen molar-refractivity contribution in [3.8, 4) is 0 Å². The quantitative estimate of drug-likeness (QED) is 0.554. The van der Waals surface area contributed by atoms with Gasteiger partial charge < -0.3 is 4.90 Å². The summed E-state index contributed by atoms with van der Waals surface area (Å²) < 4.78 is 0. The minimum Gasteiger partial charge on any atom is -0.347 e. The molecule has 0 amide bonds. The molecule has 0 fully saturated rings. The lowest BCUT2D eigenvalue weighted by Crippen LogP contribution is -2.22.